The number of hydrogen-bond acceptors (Lipinski definition) is 4. The van der Waals surface area contributed by atoms with Crippen molar-refractivity contribution in [1.29, 1.82) is 0 Å². The van der Waals surface area contributed by atoms with Crippen molar-refractivity contribution in [3.8, 4) is 11.1 Å². The standard InChI is InChI=1S/C22H21NO3S/c24-14-18-5-1-2-7-21(18)17-6-3-4-16(12-17)13-23-19-8-10-20(11-9-19)27-15-22(25)26/h1-12,23-24H,13-15H2,(H,25,26). The van der Waals surface area contributed by atoms with E-state index in [0.717, 1.165) is 32.8 Å². The Kier molecular flexibility index (Phi) is 6.52. The Morgan fingerprint density at radius 2 is 1.74 bits per heavy atom. The lowest BCUT2D eigenvalue weighted by Crippen LogP contribution is -2.00. The average Bonchev–Trinajstić information content (AvgIpc) is 2.71. The van der Waals surface area contributed by atoms with Crippen LogP contribution in [0.3, 0.4) is 0 Å². The number of benzene rings is 3. The molecular weight excluding hydrogens is 358 g/mol. The highest BCUT2D eigenvalue weighted by Crippen LogP contribution is 2.25. The van der Waals surface area contributed by atoms with Crippen molar-refractivity contribution in [2.45, 2.75) is 18.0 Å². The van der Waals surface area contributed by atoms with E-state index in [0.29, 0.717) is 6.54 Å². The molecule has 5 heteroatoms. The Labute approximate surface area is 162 Å². The van der Waals surface area contributed by atoms with Crippen molar-refractivity contribution >= 4 is 23.4 Å². The first-order valence-electron chi connectivity index (χ1n) is 8.62. The lowest BCUT2D eigenvalue weighted by Gasteiger charge is -2.11. The van der Waals surface area contributed by atoms with Gasteiger partial charge in [0, 0.05) is 17.1 Å². The largest absolute Gasteiger partial charge is 0.481 e. The third-order valence-corrected chi connectivity index (χ3v) is 5.14. The fourth-order valence-electron chi connectivity index (χ4n) is 2.81. The molecule has 0 bridgehead atoms. The summed E-state index contributed by atoms with van der Waals surface area (Å²) in [4.78, 5) is 11.6. The summed E-state index contributed by atoms with van der Waals surface area (Å²) in [6, 6.07) is 23.9. The summed E-state index contributed by atoms with van der Waals surface area (Å²) >= 11 is 1.31. The molecule has 0 aliphatic carbocycles. The highest BCUT2D eigenvalue weighted by molar-refractivity contribution is 8.00. The summed E-state index contributed by atoms with van der Waals surface area (Å²) in [5, 5.41) is 21.7. The molecule has 4 nitrogen and oxygen atoms in total. The molecule has 3 rings (SSSR count). The Hall–Kier alpha value is -2.76. The zero-order chi connectivity index (χ0) is 19.1. The van der Waals surface area contributed by atoms with Crippen LogP contribution in [-0.2, 0) is 17.9 Å². The van der Waals surface area contributed by atoms with Gasteiger partial charge in [0.15, 0.2) is 0 Å². The monoisotopic (exact) mass is 379 g/mol. The highest BCUT2D eigenvalue weighted by atomic mass is 32.2. The number of rotatable bonds is 8. The third kappa shape index (κ3) is 5.36. The molecule has 0 atom stereocenters. The number of carboxylic acid groups (broad SMARTS) is 1. The third-order valence-electron chi connectivity index (χ3n) is 4.14. The zero-order valence-electron chi connectivity index (χ0n) is 14.8. The molecule has 0 spiro atoms. The van der Waals surface area contributed by atoms with Gasteiger partial charge in [0.25, 0.3) is 0 Å². The Bertz CT molecular complexity index is 909. The number of thioether (sulfide) groups is 1. The number of aliphatic hydroxyl groups is 1. The summed E-state index contributed by atoms with van der Waals surface area (Å²) < 4.78 is 0. The van der Waals surface area contributed by atoms with Gasteiger partial charge in [0.1, 0.15) is 0 Å². The van der Waals surface area contributed by atoms with E-state index in [9.17, 15) is 9.90 Å². The van der Waals surface area contributed by atoms with E-state index in [1.165, 1.54) is 11.8 Å². The number of carboxylic acids is 1. The molecule has 0 aromatic heterocycles. The van der Waals surface area contributed by atoms with E-state index in [1.54, 1.807) is 0 Å². The summed E-state index contributed by atoms with van der Waals surface area (Å²) in [5.74, 6) is -0.751. The van der Waals surface area contributed by atoms with Gasteiger partial charge < -0.3 is 15.5 Å². The van der Waals surface area contributed by atoms with Gasteiger partial charge in [0.2, 0.25) is 0 Å². The Morgan fingerprint density at radius 1 is 0.963 bits per heavy atom. The van der Waals surface area contributed by atoms with Crippen LogP contribution >= 0.6 is 11.8 Å². The Balaban J connectivity index is 1.66. The van der Waals surface area contributed by atoms with Crippen molar-refractivity contribution in [1.82, 2.24) is 0 Å². The van der Waals surface area contributed by atoms with Gasteiger partial charge in [-0.2, -0.15) is 0 Å². The minimum absolute atomic E-state index is 0.0187. The first-order chi connectivity index (χ1) is 13.2. The highest BCUT2D eigenvalue weighted by Gasteiger charge is 2.05. The van der Waals surface area contributed by atoms with E-state index in [-0.39, 0.29) is 12.4 Å². The summed E-state index contributed by atoms with van der Waals surface area (Å²) in [6.45, 7) is 0.696. The smallest absolute Gasteiger partial charge is 0.313 e. The fraction of sp³-hybridized carbons (Fsp3) is 0.136. The first-order valence-corrected chi connectivity index (χ1v) is 9.61. The van der Waals surface area contributed by atoms with Gasteiger partial charge in [-0.15, -0.1) is 11.8 Å². The molecule has 0 aliphatic rings. The number of nitrogens with one attached hydrogen (secondary N) is 1. The summed E-state index contributed by atoms with van der Waals surface area (Å²) in [5.41, 5.74) is 5.17. The van der Waals surface area contributed by atoms with E-state index < -0.39 is 5.97 Å². The molecule has 0 heterocycles. The molecule has 27 heavy (non-hydrogen) atoms. The van der Waals surface area contributed by atoms with Crippen molar-refractivity contribution in [2.75, 3.05) is 11.1 Å². The second-order valence-corrected chi connectivity index (χ2v) is 7.12. The predicted molar refractivity (Wildman–Crippen MR) is 110 cm³/mol. The van der Waals surface area contributed by atoms with E-state index in [1.807, 2.05) is 60.7 Å². The van der Waals surface area contributed by atoms with E-state index in [2.05, 4.69) is 17.4 Å². The SMILES string of the molecule is O=C(O)CSc1ccc(NCc2cccc(-c3ccccc3CO)c2)cc1. The molecule has 0 aliphatic heterocycles. The molecule has 0 radical (unpaired) electrons. The maximum absolute atomic E-state index is 10.6. The van der Waals surface area contributed by atoms with Gasteiger partial charge in [-0.1, -0.05) is 42.5 Å². The van der Waals surface area contributed by atoms with Crippen LogP contribution in [0.1, 0.15) is 11.1 Å². The second kappa shape index (κ2) is 9.26. The quantitative estimate of drug-likeness (QED) is 0.498. The molecule has 0 saturated carbocycles. The first kappa shape index (κ1) is 19.0. The van der Waals surface area contributed by atoms with Gasteiger partial charge in [-0.25, -0.2) is 0 Å². The summed E-state index contributed by atoms with van der Waals surface area (Å²) in [6.07, 6.45) is 0. The number of anilines is 1. The van der Waals surface area contributed by atoms with Crippen molar-refractivity contribution in [3.63, 3.8) is 0 Å². The van der Waals surface area contributed by atoms with Crippen molar-refractivity contribution < 1.29 is 15.0 Å². The van der Waals surface area contributed by atoms with Crippen molar-refractivity contribution in [2.24, 2.45) is 0 Å². The van der Waals surface area contributed by atoms with Crippen LogP contribution in [0.5, 0.6) is 0 Å². The van der Waals surface area contributed by atoms with Crippen LogP contribution in [0.4, 0.5) is 5.69 Å². The molecule has 3 aromatic carbocycles. The maximum Gasteiger partial charge on any atom is 0.313 e. The van der Waals surface area contributed by atoms with Crippen LogP contribution in [0, 0.1) is 0 Å². The molecule has 3 aromatic rings. The minimum Gasteiger partial charge on any atom is -0.481 e. The number of hydrogen-bond donors (Lipinski definition) is 3. The fourth-order valence-corrected chi connectivity index (χ4v) is 3.43. The van der Waals surface area contributed by atoms with E-state index in [4.69, 9.17) is 5.11 Å². The van der Waals surface area contributed by atoms with Crippen molar-refractivity contribution in [3.05, 3.63) is 83.9 Å². The maximum atomic E-state index is 10.6. The normalized spacial score (nSPS) is 10.6. The molecular formula is C22H21NO3S. The predicted octanol–water partition coefficient (Wildman–Crippen LogP) is 4.63. The van der Waals surface area contributed by atoms with Gasteiger partial charge in [0.05, 0.1) is 12.4 Å². The number of aliphatic carboxylic acids is 1. The zero-order valence-corrected chi connectivity index (χ0v) is 15.6. The molecule has 138 valence electrons. The molecule has 3 N–H and O–H groups in total. The van der Waals surface area contributed by atoms with Crippen LogP contribution in [-0.4, -0.2) is 21.9 Å². The molecule has 0 amide bonds. The topological polar surface area (TPSA) is 69.6 Å². The lowest BCUT2D eigenvalue weighted by molar-refractivity contribution is -0.133. The molecule has 0 fully saturated rings. The van der Waals surface area contributed by atoms with Gasteiger partial charge in [-0.05, 0) is 52.6 Å². The van der Waals surface area contributed by atoms with Crippen LogP contribution in [0.2, 0.25) is 0 Å². The van der Waals surface area contributed by atoms with Crippen LogP contribution in [0.15, 0.2) is 77.7 Å². The van der Waals surface area contributed by atoms with Crippen LogP contribution in [0.25, 0.3) is 11.1 Å². The summed E-state index contributed by atoms with van der Waals surface area (Å²) in [7, 11) is 0. The lowest BCUT2D eigenvalue weighted by atomic mass is 9.98. The second-order valence-electron chi connectivity index (χ2n) is 6.08. The van der Waals surface area contributed by atoms with E-state index >= 15 is 0 Å². The van der Waals surface area contributed by atoms with Crippen LogP contribution < -0.4 is 5.32 Å². The Morgan fingerprint density at radius 3 is 2.48 bits per heavy atom. The van der Waals surface area contributed by atoms with Gasteiger partial charge in [-0.3, -0.25) is 4.79 Å². The number of aliphatic hydroxyl groups excluding tert-OH is 1. The average molecular weight is 379 g/mol. The minimum atomic E-state index is -0.815. The molecule has 0 saturated heterocycles. The number of carbonyl (C=O) groups is 1. The van der Waals surface area contributed by atoms with Gasteiger partial charge >= 0.3 is 5.97 Å². The molecule has 0 unspecified atom stereocenters.